The summed E-state index contributed by atoms with van der Waals surface area (Å²) in [5, 5.41) is 12.0. The van der Waals surface area contributed by atoms with Gasteiger partial charge in [0.1, 0.15) is 5.84 Å². The van der Waals surface area contributed by atoms with Gasteiger partial charge in [0.05, 0.1) is 0 Å². The summed E-state index contributed by atoms with van der Waals surface area (Å²) in [5.41, 5.74) is 5.53. The number of rotatable bonds is 7. The molecule has 1 aliphatic heterocycles. The van der Waals surface area contributed by atoms with Gasteiger partial charge >= 0.3 is 0 Å². The van der Waals surface area contributed by atoms with Crippen LogP contribution in [0.15, 0.2) is 5.16 Å². The fourth-order valence-corrected chi connectivity index (χ4v) is 3.12. The zero-order valence-electron chi connectivity index (χ0n) is 14.3. The lowest BCUT2D eigenvalue weighted by atomic mass is 9.86. The van der Waals surface area contributed by atoms with E-state index in [1.807, 2.05) is 13.8 Å². The van der Waals surface area contributed by atoms with E-state index in [9.17, 15) is 0 Å². The van der Waals surface area contributed by atoms with Crippen molar-refractivity contribution in [3.63, 3.8) is 0 Å². The van der Waals surface area contributed by atoms with E-state index in [-0.39, 0.29) is 5.41 Å². The average molecular weight is 298 g/mol. The fraction of sp³-hybridized carbons (Fsp3) is 0.938. The highest BCUT2D eigenvalue weighted by Gasteiger charge is 2.24. The lowest BCUT2D eigenvalue weighted by Crippen LogP contribution is -2.40. The maximum atomic E-state index is 8.80. The molecule has 0 aromatic heterocycles. The van der Waals surface area contributed by atoms with Crippen molar-refractivity contribution >= 4 is 5.84 Å². The maximum absolute atomic E-state index is 8.80. The first-order valence-electron chi connectivity index (χ1n) is 8.31. The van der Waals surface area contributed by atoms with Crippen LogP contribution in [0.2, 0.25) is 0 Å². The second-order valence-corrected chi connectivity index (χ2v) is 7.04. The van der Waals surface area contributed by atoms with Gasteiger partial charge in [0.25, 0.3) is 0 Å². The Labute approximate surface area is 130 Å². The molecule has 5 nitrogen and oxygen atoms in total. The first-order chi connectivity index (χ1) is 9.90. The van der Waals surface area contributed by atoms with Crippen LogP contribution < -0.4 is 5.73 Å². The highest BCUT2D eigenvalue weighted by atomic mass is 16.4. The summed E-state index contributed by atoms with van der Waals surface area (Å²) in [6.45, 7) is 11.1. The molecule has 1 rings (SSSR count). The van der Waals surface area contributed by atoms with Crippen molar-refractivity contribution in [2.75, 3.05) is 33.2 Å². The Balaban J connectivity index is 2.37. The molecule has 0 bridgehead atoms. The second kappa shape index (κ2) is 8.59. The van der Waals surface area contributed by atoms with E-state index < -0.39 is 0 Å². The summed E-state index contributed by atoms with van der Waals surface area (Å²) in [5.74, 6) is 0.338. The number of amidine groups is 1. The van der Waals surface area contributed by atoms with Gasteiger partial charge in [-0.1, -0.05) is 32.3 Å². The lowest BCUT2D eigenvalue weighted by Gasteiger charge is -2.30. The zero-order valence-corrected chi connectivity index (χ0v) is 14.3. The van der Waals surface area contributed by atoms with Crippen molar-refractivity contribution < 1.29 is 5.21 Å². The molecular formula is C16H34N4O. The SMILES string of the molecule is CCC1CN(C)CCCN1CCCCC(C)(C)C(N)=NO. The van der Waals surface area contributed by atoms with Crippen LogP contribution in [0, 0.1) is 5.41 Å². The summed E-state index contributed by atoms with van der Waals surface area (Å²) < 4.78 is 0. The smallest absolute Gasteiger partial charge is 0.144 e. The minimum atomic E-state index is -0.210. The first kappa shape index (κ1) is 18.2. The molecule has 1 unspecified atom stereocenters. The van der Waals surface area contributed by atoms with E-state index in [0.29, 0.717) is 11.9 Å². The summed E-state index contributed by atoms with van der Waals surface area (Å²) in [6, 6.07) is 0.689. The van der Waals surface area contributed by atoms with Gasteiger partial charge in [0, 0.05) is 18.0 Å². The van der Waals surface area contributed by atoms with Crippen molar-refractivity contribution in [2.45, 2.75) is 58.9 Å². The van der Waals surface area contributed by atoms with Crippen molar-refractivity contribution in [2.24, 2.45) is 16.3 Å². The highest BCUT2D eigenvalue weighted by molar-refractivity contribution is 5.85. The Kier molecular flexibility index (Phi) is 7.46. The normalized spacial score (nSPS) is 23.2. The summed E-state index contributed by atoms with van der Waals surface area (Å²) in [7, 11) is 2.23. The molecule has 0 radical (unpaired) electrons. The Bertz CT molecular complexity index is 330. The van der Waals surface area contributed by atoms with Gasteiger partial charge in [-0.15, -0.1) is 0 Å². The number of unbranched alkanes of at least 4 members (excludes halogenated alkanes) is 1. The molecule has 0 aliphatic carbocycles. The van der Waals surface area contributed by atoms with Crippen molar-refractivity contribution in [1.29, 1.82) is 0 Å². The molecule has 1 aliphatic rings. The van der Waals surface area contributed by atoms with Crippen LogP contribution in [0.25, 0.3) is 0 Å². The van der Waals surface area contributed by atoms with Gasteiger partial charge < -0.3 is 15.8 Å². The van der Waals surface area contributed by atoms with Crippen LogP contribution in [0.4, 0.5) is 0 Å². The van der Waals surface area contributed by atoms with Crippen molar-refractivity contribution in [3.05, 3.63) is 0 Å². The number of nitrogens with zero attached hydrogens (tertiary/aromatic N) is 3. The van der Waals surface area contributed by atoms with Crippen LogP contribution in [-0.4, -0.2) is 60.1 Å². The second-order valence-electron chi connectivity index (χ2n) is 7.04. The molecule has 1 fully saturated rings. The average Bonchev–Trinajstić information content (AvgIpc) is 2.63. The van der Waals surface area contributed by atoms with Gasteiger partial charge in [0.2, 0.25) is 0 Å². The molecule has 21 heavy (non-hydrogen) atoms. The molecule has 1 atom stereocenters. The molecule has 3 N–H and O–H groups in total. The minimum Gasteiger partial charge on any atom is -0.409 e. The van der Waals surface area contributed by atoms with Gasteiger partial charge in [0.15, 0.2) is 0 Å². The molecule has 0 aromatic carbocycles. The molecule has 5 heteroatoms. The topological polar surface area (TPSA) is 65.1 Å². The maximum Gasteiger partial charge on any atom is 0.144 e. The predicted molar refractivity (Wildman–Crippen MR) is 88.8 cm³/mol. The Morgan fingerprint density at radius 1 is 1.33 bits per heavy atom. The number of nitrogens with two attached hydrogens (primary N) is 1. The van der Waals surface area contributed by atoms with Gasteiger partial charge in [-0.25, -0.2) is 0 Å². The molecule has 0 spiro atoms. The Hall–Kier alpha value is -0.810. The van der Waals surface area contributed by atoms with Crippen LogP contribution in [0.5, 0.6) is 0 Å². The third-order valence-electron chi connectivity index (χ3n) is 4.79. The molecule has 0 aromatic rings. The minimum absolute atomic E-state index is 0.210. The monoisotopic (exact) mass is 298 g/mol. The lowest BCUT2D eigenvalue weighted by molar-refractivity contribution is 0.178. The van der Waals surface area contributed by atoms with Crippen LogP contribution in [0.1, 0.15) is 52.9 Å². The van der Waals surface area contributed by atoms with E-state index in [4.69, 9.17) is 10.9 Å². The van der Waals surface area contributed by atoms with Crippen LogP contribution >= 0.6 is 0 Å². The number of likely N-dealkylation sites (N-methyl/N-ethyl adjacent to an activating group) is 1. The molecule has 1 saturated heterocycles. The Morgan fingerprint density at radius 2 is 2.05 bits per heavy atom. The van der Waals surface area contributed by atoms with Gasteiger partial charge in [-0.05, 0) is 52.4 Å². The summed E-state index contributed by atoms with van der Waals surface area (Å²) in [4.78, 5) is 5.11. The molecular weight excluding hydrogens is 264 g/mol. The van der Waals surface area contributed by atoms with Crippen molar-refractivity contribution in [3.8, 4) is 0 Å². The third kappa shape index (κ3) is 5.83. The number of oxime groups is 1. The number of hydrogen-bond acceptors (Lipinski definition) is 4. The van der Waals surface area contributed by atoms with E-state index in [2.05, 4.69) is 28.9 Å². The van der Waals surface area contributed by atoms with Crippen molar-refractivity contribution in [1.82, 2.24) is 9.80 Å². The Morgan fingerprint density at radius 3 is 2.67 bits per heavy atom. The van der Waals surface area contributed by atoms with Crippen LogP contribution in [-0.2, 0) is 0 Å². The largest absolute Gasteiger partial charge is 0.409 e. The molecule has 124 valence electrons. The summed E-state index contributed by atoms with van der Waals surface area (Å²) in [6.07, 6.45) is 5.75. The number of hydrogen-bond donors (Lipinski definition) is 2. The highest BCUT2D eigenvalue weighted by Crippen LogP contribution is 2.24. The quantitative estimate of drug-likeness (QED) is 0.249. The standard InChI is InChI=1S/C16H34N4O/c1-5-14-13-19(4)10-8-12-20(14)11-7-6-9-16(2,3)15(17)18-21/h14,21H,5-13H2,1-4H3,(H2,17,18). The van der Waals surface area contributed by atoms with E-state index in [1.54, 1.807) is 0 Å². The summed E-state index contributed by atoms with van der Waals surface area (Å²) >= 11 is 0. The van der Waals surface area contributed by atoms with Crippen LogP contribution in [0.3, 0.4) is 0 Å². The van der Waals surface area contributed by atoms with E-state index in [0.717, 1.165) is 12.8 Å². The fourth-order valence-electron chi connectivity index (χ4n) is 3.12. The van der Waals surface area contributed by atoms with E-state index in [1.165, 1.54) is 45.4 Å². The zero-order chi connectivity index (χ0) is 15.9. The van der Waals surface area contributed by atoms with E-state index >= 15 is 0 Å². The molecule has 0 amide bonds. The predicted octanol–water partition coefficient (Wildman–Crippen LogP) is 2.35. The van der Waals surface area contributed by atoms with Gasteiger partial charge in [-0.3, -0.25) is 4.90 Å². The third-order valence-corrected chi connectivity index (χ3v) is 4.79. The first-order valence-corrected chi connectivity index (χ1v) is 8.31. The van der Waals surface area contributed by atoms with Gasteiger partial charge in [-0.2, -0.15) is 0 Å². The molecule has 1 heterocycles. The molecule has 0 saturated carbocycles.